The average molecular weight is 256 g/mol. The summed E-state index contributed by atoms with van der Waals surface area (Å²) in [4.78, 5) is 11.0. The van der Waals surface area contributed by atoms with Crippen LogP contribution >= 0.6 is 0 Å². The van der Waals surface area contributed by atoms with Crippen molar-refractivity contribution in [1.29, 1.82) is 0 Å². The number of aliphatic hydroxyl groups is 2. The van der Waals surface area contributed by atoms with E-state index in [1.165, 1.54) is 0 Å². The smallest absolute Gasteiger partial charge is 0.303 e. The molecule has 0 spiro atoms. The normalized spacial score (nSPS) is 56.6. The van der Waals surface area contributed by atoms with Crippen molar-refractivity contribution in [2.24, 2.45) is 28.6 Å². The Bertz CT molecular complexity index is 369. The van der Waals surface area contributed by atoms with Gasteiger partial charge in [-0.2, -0.15) is 0 Å². The van der Waals surface area contributed by atoms with Gasteiger partial charge in [-0.15, -0.1) is 0 Å². The topological polar surface area (TPSA) is 90.3 Å². The molecule has 0 amide bonds. The Morgan fingerprint density at radius 1 is 1.11 bits per heavy atom. The van der Waals surface area contributed by atoms with Crippen LogP contribution < -0.4 is 0 Å². The summed E-state index contributed by atoms with van der Waals surface area (Å²) in [5.74, 6) is -0.698. The molecule has 2 aliphatic carbocycles. The zero-order valence-corrected chi connectivity index (χ0v) is 10.7. The lowest BCUT2D eigenvalue weighted by Gasteiger charge is -2.46. The highest BCUT2D eigenvalue weighted by Crippen LogP contribution is 2.74. The molecule has 3 N–H and O–H groups in total. The molecule has 3 rings (SSSR count). The van der Waals surface area contributed by atoms with Crippen LogP contribution in [0.15, 0.2) is 0 Å². The number of hydrogen-bond acceptors (Lipinski definition) is 4. The minimum atomic E-state index is -0.807. The Morgan fingerprint density at radius 3 is 1.89 bits per heavy atom. The van der Waals surface area contributed by atoms with Crippen LogP contribution in [0.5, 0.6) is 0 Å². The van der Waals surface area contributed by atoms with Gasteiger partial charge in [0, 0.05) is 30.5 Å². The van der Waals surface area contributed by atoms with Crippen molar-refractivity contribution in [2.75, 3.05) is 13.2 Å². The molecule has 0 aromatic carbocycles. The van der Waals surface area contributed by atoms with Crippen molar-refractivity contribution >= 4 is 5.97 Å². The molecular formula is C13H20O5. The van der Waals surface area contributed by atoms with Crippen molar-refractivity contribution in [3.8, 4) is 0 Å². The fraction of sp³-hybridized carbons (Fsp3) is 0.923. The molecule has 1 heterocycles. The first-order valence-electron chi connectivity index (χ1n) is 6.49. The standard InChI is InChI=1S/C13H20O5/c1-12(4-14)8-6(3-7(16)17)9(11-10(8)18-11)13(12,2)5-15/h6,8-11,14-15H,3-5H2,1-2H3,(H,16,17). The van der Waals surface area contributed by atoms with Crippen LogP contribution in [-0.4, -0.2) is 46.7 Å². The van der Waals surface area contributed by atoms with Crippen LogP contribution in [0.4, 0.5) is 0 Å². The average Bonchev–Trinajstić information content (AvgIpc) is 2.98. The second-order valence-electron chi connectivity index (χ2n) is 6.53. The number of rotatable bonds is 4. The summed E-state index contributed by atoms with van der Waals surface area (Å²) in [5, 5.41) is 28.6. The zero-order valence-electron chi connectivity index (χ0n) is 10.7. The van der Waals surface area contributed by atoms with E-state index in [9.17, 15) is 15.0 Å². The van der Waals surface area contributed by atoms with E-state index in [0.29, 0.717) is 0 Å². The summed E-state index contributed by atoms with van der Waals surface area (Å²) in [6, 6.07) is 0. The second kappa shape index (κ2) is 3.46. The van der Waals surface area contributed by atoms with E-state index in [2.05, 4.69) is 0 Å². The first-order chi connectivity index (χ1) is 8.40. The molecule has 2 saturated carbocycles. The first-order valence-corrected chi connectivity index (χ1v) is 6.49. The fourth-order valence-corrected chi connectivity index (χ4v) is 4.88. The molecule has 0 radical (unpaired) electrons. The molecule has 1 saturated heterocycles. The van der Waals surface area contributed by atoms with Gasteiger partial charge in [-0.1, -0.05) is 13.8 Å². The predicted molar refractivity (Wildman–Crippen MR) is 61.8 cm³/mol. The van der Waals surface area contributed by atoms with E-state index in [1.54, 1.807) is 0 Å². The summed E-state index contributed by atoms with van der Waals surface area (Å²) < 4.78 is 5.63. The van der Waals surface area contributed by atoms with E-state index < -0.39 is 16.8 Å². The number of carboxylic acids is 1. The quantitative estimate of drug-likeness (QED) is 0.621. The van der Waals surface area contributed by atoms with E-state index in [4.69, 9.17) is 9.84 Å². The Morgan fingerprint density at radius 2 is 1.56 bits per heavy atom. The van der Waals surface area contributed by atoms with Gasteiger partial charge in [-0.05, 0) is 17.8 Å². The van der Waals surface area contributed by atoms with Gasteiger partial charge in [0.1, 0.15) is 0 Å². The Labute approximate surface area is 106 Å². The molecule has 18 heavy (non-hydrogen) atoms. The number of hydrogen-bond donors (Lipinski definition) is 3. The van der Waals surface area contributed by atoms with Gasteiger partial charge in [0.25, 0.3) is 0 Å². The molecular weight excluding hydrogens is 236 g/mol. The molecule has 5 nitrogen and oxygen atoms in total. The summed E-state index contributed by atoms with van der Waals surface area (Å²) in [6.45, 7) is 3.85. The molecule has 3 fully saturated rings. The van der Waals surface area contributed by atoms with Crippen LogP contribution in [0.25, 0.3) is 0 Å². The lowest BCUT2D eigenvalue weighted by atomic mass is 9.58. The predicted octanol–water partition coefficient (Wildman–Crippen LogP) is 0.101. The molecule has 1 aliphatic heterocycles. The summed E-state index contributed by atoms with van der Waals surface area (Å²) in [6.07, 6.45) is 0.295. The third-order valence-electron chi connectivity index (χ3n) is 6.04. The maximum absolute atomic E-state index is 11.0. The zero-order chi connectivity index (χ0) is 13.3. The van der Waals surface area contributed by atoms with E-state index in [1.807, 2.05) is 13.8 Å². The summed E-state index contributed by atoms with van der Waals surface area (Å²) in [7, 11) is 0. The minimum absolute atomic E-state index is 0.0144. The Balaban J connectivity index is 2.01. The van der Waals surface area contributed by atoms with Crippen molar-refractivity contribution in [2.45, 2.75) is 32.5 Å². The van der Waals surface area contributed by atoms with E-state index in [0.717, 1.165) is 0 Å². The Kier molecular flexibility index (Phi) is 2.38. The van der Waals surface area contributed by atoms with Gasteiger partial charge < -0.3 is 20.1 Å². The molecule has 0 aromatic rings. The van der Waals surface area contributed by atoms with Crippen molar-refractivity contribution in [1.82, 2.24) is 0 Å². The van der Waals surface area contributed by atoms with Gasteiger partial charge >= 0.3 is 5.97 Å². The molecule has 2 bridgehead atoms. The number of fused-ring (bicyclic) bond motifs is 5. The molecule has 5 heteroatoms. The van der Waals surface area contributed by atoms with Gasteiger partial charge in [0.2, 0.25) is 0 Å². The van der Waals surface area contributed by atoms with E-state index >= 15 is 0 Å². The van der Waals surface area contributed by atoms with Crippen molar-refractivity contribution in [3.63, 3.8) is 0 Å². The monoisotopic (exact) mass is 256 g/mol. The van der Waals surface area contributed by atoms with Gasteiger partial charge in [-0.25, -0.2) is 0 Å². The van der Waals surface area contributed by atoms with Crippen LogP contribution in [-0.2, 0) is 9.53 Å². The first kappa shape index (κ1) is 12.4. The molecule has 102 valence electrons. The lowest BCUT2D eigenvalue weighted by Crippen LogP contribution is -2.50. The minimum Gasteiger partial charge on any atom is -0.481 e. The molecule has 6 atom stereocenters. The van der Waals surface area contributed by atoms with Gasteiger partial charge in [0.15, 0.2) is 0 Å². The summed E-state index contributed by atoms with van der Waals surface area (Å²) in [5.41, 5.74) is -0.908. The number of carbonyl (C=O) groups is 1. The SMILES string of the molecule is CC1(CO)C2C(CC(=O)O)C(C3OC32)C1(C)CO. The maximum Gasteiger partial charge on any atom is 0.303 e. The number of aliphatic hydroxyl groups excluding tert-OH is 2. The van der Waals surface area contributed by atoms with Crippen molar-refractivity contribution < 1.29 is 24.9 Å². The van der Waals surface area contributed by atoms with Gasteiger partial charge in [-0.3, -0.25) is 4.79 Å². The van der Waals surface area contributed by atoms with Crippen LogP contribution in [0.1, 0.15) is 20.3 Å². The van der Waals surface area contributed by atoms with Crippen LogP contribution in [0.2, 0.25) is 0 Å². The third-order valence-corrected chi connectivity index (χ3v) is 6.04. The summed E-state index contributed by atoms with van der Waals surface area (Å²) >= 11 is 0. The molecule has 6 unspecified atom stereocenters. The number of aliphatic carboxylic acids is 1. The second-order valence-corrected chi connectivity index (χ2v) is 6.53. The van der Waals surface area contributed by atoms with Crippen molar-refractivity contribution in [3.05, 3.63) is 0 Å². The highest BCUT2D eigenvalue weighted by molar-refractivity contribution is 5.67. The largest absolute Gasteiger partial charge is 0.481 e. The lowest BCUT2D eigenvalue weighted by molar-refractivity contribution is -0.139. The van der Waals surface area contributed by atoms with E-state index in [-0.39, 0.29) is 49.6 Å². The molecule has 0 aromatic heterocycles. The van der Waals surface area contributed by atoms with Gasteiger partial charge in [0.05, 0.1) is 12.2 Å². The number of carboxylic acid groups (broad SMARTS) is 1. The number of ether oxygens (including phenoxy) is 1. The Hall–Kier alpha value is -0.650. The third kappa shape index (κ3) is 1.15. The van der Waals surface area contributed by atoms with Crippen LogP contribution in [0, 0.1) is 28.6 Å². The highest BCUT2D eigenvalue weighted by atomic mass is 16.6. The maximum atomic E-state index is 11.0. The molecule has 3 aliphatic rings. The highest BCUT2D eigenvalue weighted by Gasteiger charge is 2.79. The number of epoxide rings is 1. The fourth-order valence-electron chi connectivity index (χ4n) is 4.88. The van der Waals surface area contributed by atoms with Crippen LogP contribution in [0.3, 0.4) is 0 Å².